The smallest absolute Gasteiger partial charge is 0.230 e. The fraction of sp³-hybridized carbons (Fsp3) is 0.111. The highest BCUT2D eigenvalue weighted by molar-refractivity contribution is 6.35. The van der Waals surface area contributed by atoms with Crippen molar-refractivity contribution in [1.29, 1.82) is 0 Å². The van der Waals surface area contributed by atoms with E-state index < -0.39 is 18.3 Å². The predicted octanol–water partition coefficient (Wildman–Crippen LogP) is 1.07. The van der Waals surface area contributed by atoms with Gasteiger partial charge >= 0.3 is 0 Å². The van der Waals surface area contributed by atoms with Gasteiger partial charge in [-0.25, -0.2) is 0 Å². The van der Waals surface area contributed by atoms with Crippen molar-refractivity contribution in [2.24, 2.45) is 0 Å². The molecule has 1 amide bonds. The van der Waals surface area contributed by atoms with Crippen molar-refractivity contribution in [2.75, 3.05) is 5.32 Å². The number of amides is 1. The van der Waals surface area contributed by atoms with E-state index in [4.69, 9.17) is 23.2 Å². The quantitative estimate of drug-likeness (QED) is 0.812. The Kier molecular flexibility index (Phi) is 3.94. The van der Waals surface area contributed by atoms with Crippen LogP contribution in [0.3, 0.4) is 0 Å². The average molecular weight is 247 g/mol. The summed E-state index contributed by atoms with van der Waals surface area (Å²) in [5.41, 5.74) is 0.346. The largest absolute Gasteiger partial charge is 0.550 e. The number of anilines is 1. The molecule has 6 heteroatoms. The molecule has 0 unspecified atom stereocenters. The number of hydrogen-bond acceptors (Lipinski definition) is 3. The second-order valence-corrected chi connectivity index (χ2v) is 3.63. The molecular weight excluding hydrogens is 241 g/mol. The number of carboxylic acid groups (broad SMARTS) is 1. The van der Waals surface area contributed by atoms with E-state index in [-0.39, 0.29) is 0 Å². The summed E-state index contributed by atoms with van der Waals surface area (Å²) in [5.74, 6) is -2.13. The fourth-order valence-electron chi connectivity index (χ4n) is 0.962. The summed E-state index contributed by atoms with van der Waals surface area (Å²) in [4.78, 5) is 21.1. The van der Waals surface area contributed by atoms with Crippen molar-refractivity contribution in [3.8, 4) is 0 Å². The minimum atomic E-state index is -1.44. The molecule has 0 radical (unpaired) electrons. The third-order valence-electron chi connectivity index (χ3n) is 1.45. The van der Waals surface area contributed by atoms with Crippen LogP contribution in [-0.2, 0) is 9.59 Å². The third kappa shape index (κ3) is 4.18. The average Bonchev–Trinajstić information content (AvgIpc) is 1.98. The normalized spacial score (nSPS) is 9.73. The van der Waals surface area contributed by atoms with Gasteiger partial charge in [-0.1, -0.05) is 23.2 Å². The van der Waals surface area contributed by atoms with Gasteiger partial charge in [0.1, 0.15) is 0 Å². The molecule has 80 valence electrons. The number of carbonyl (C=O) groups excluding carboxylic acids is 2. The summed E-state index contributed by atoms with van der Waals surface area (Å²) >= 11 is 11.3. The number of benzene rings is 1. The van der Waals surface area contributed by atoms with E-state index >= 15 is 0 Å². The molecule has 0 spiro atoms. The molecule has 0 aliphatic carbocycles. The second kappa shape index (κ2) is 5.00. The molecule has 0 aliphatic rings. The van der Waals surface area contributed by atoms with E-state index in [0.717, 1.165) is 0 Å². The van der Waals surface area contributed by atoms with Crippen molar-refractivity contribution >= 4 is 40.8 Å². The van der Waals surface area contributed by atoms with Crippen LogP contribution in [0.1, 0.15) is 6.42 Å². The van der Waals surface area contributed by atoms with Crippen LogP contribution in [0.25, 0.3) is 0 Å². The highest BCUT2D eigenvalue weighted by Gasteiger charge is 2.04. The van der Waals surface area contributed by atoms with Crippen LogP contribution in [0.4, 0.5) is 5.69 Å². The van der Waals surface area contributed by atoms with Gasteiger partial charge in [-0.05, 0) is 18.2 Å². The second-order valence-electron chi connectivity index (χ2n) is 2.76. The number of nitrogens with one attached hydrogen (secondary N) is 1. The first-order valence-corrected chi connectivity index (χ1v) is 4.69. The topological polar surface area (TPSA) is 69.2 Å². The standard InChI is InChI=1S/C9H7Cl2NO3/c10-5-1-6(11)3-7(2-5)12-8(13)4-9(14)15/h1-3H,4H2,(H,12,13)(H,14,15)/p-1. The number of carboxylic acids is 1. The van der Waals surface area contributed by atoms with Gasteiger partial charge in [-0.3, -0.25) is 4.79 Å². The van der Waals surface area contributed by atoms with Gasteiger partial charge in [0.2, 0.25) is 5.91 Å². The molecule has 0 aliphatic heterocycles. The summed E-state index contributed by atoms with van der Waals surface area (Å²) in [6.07, 6.45) is -0.704. The number of halogens is 2. The van der Waals surface area contributed by atoms with E-state index in [0.29, 0.717) is 15.7 Å². The Morgan fingerprint density at radius 3 is 2.20 bits per heavy atom. The summed E-state index contributed by atoms with van der Waals surface area (Å²) in [6.45, 7) is 0. The molecule has 0 saturated heterocycles. The summed E-state index contributed by atoms with van der Waals surface area (Å²) in [5, 5.41) is 13.1. The zero-order chi connectivity index (χ0) is 11.4. The van der Waals surface area contributed by atoms with Gasteiger partial charge in [-0.15, -0.1) is 0 Å². The zero-order valence-electron chi connectivity index (χ0n) is 7.42. The van der Waals surface area contributed by atoms with Crippen molar-refractivity contribution in [3.05, 3.63) is 28.2 Å². The molecule has 4 nitrogen and oxygen atoms in total. The zero-order valence-corrected chi connectivity index (χ0v) is 8.93. The Hall–Kier alpha value is -1.26. The molecule has 15 heavy (non-hydrogen) atoms. The molecule has 0 aromatic heterocycles. The van der Waals surface area contributed by atoms with Crippen LogP contribution >= 0.6 is 23.2 Å². The SMILES string of the molecule is O=C([O-])CC(=O)Nc1cc(Cl)cc(Cl)c1. The molecule has 0 heterocycles. The van der Waals surface area contributed by atoms with E-state index in [1.165, 1.54) is 18.2 Å². The van der Waals surface area contributed by atoms with Gasteiger partial charge in [0.05, 0.1) is 12.4 Å². The molecule has 0 atom stereocenters. The lowest BCUT2D eigenvalue weighted by molar-refractivity contribution is -0.304. The molecule has 1 N–H and O–H groups in total. The van der Waals surface area contributed by atoms with Gasteiger partial charge in [0, 0.05) is 15.7 Å². The Morgan fingerprint density at radius 1 is 1.20 bits per heavy atom. The van der Waals surface area contributed by atoms with Gasteiger partial charge in [0.15, 0.2) is 0 Å². The van der Waals surface area contributed by atoms with Crippen LogP contribution in [0.15, 0.2) is 18.2 Å². The van der Waals surface area contributed by atoms with Crippen LogP contribution in [0.5, 0.6) is 0 Å². The first kappa shape index (κ1) is 11.8. The van der Waals surface area contributed by atoms with E-state index in [1.807, 2.05) is 0 Å². The van der Waals surface area contributed by atoms with E-state index in [2.05, 4.69) is 5.32 Å². The lowest BCUT2D eigenvalue weighted by atomic mass is 10.3. The van der Waals surface area contributed by atoms with E-state index in [9.17, 15) is 14.7 Å². The fourth-order valence-corrected chi connectivity index (χ4v) is 1.49. The highest BCUT2D eigenvalue weighted by Crippen LogP contribution is 2.22. The monoisotopic (exact) mass is 246 g/mol. The predicted molar refractivity (Wildman–Crippen MR) is 54.7 cm³/mol. The summed E-state index contributed by atoms with van der Waals surface area (Å²) in [6, 6.07) is 4.42. The van der Waals surface area contributed by atoms with Crippen LogP contribution < -0.4 is 10.4 Å². The Balaban J connectivity index is 2.72. The third-order valence-corrected chi connectivity index (χ3v) is 1.89. The van der Waals surface area contributed by atoms with Crippen LogP contribution in [-0.4, -0.2) is 11.9 Å². The van der Waals surface area contributed by atoms with Gasteiger partial charge < -0.3 is 15.2 Å². The number of aliphatic carboxylic acids is 1. The van der Waals surface area contributed by atoms with Crippen molar-refractivity contribution in [2.45, 2.75) is 6.42 Å². The molecule has 1 aromatic carbocycles. The van der Waals surface area contributed by atoms with Gasteiger partial charge in [-0.2, -0.15) is 0 Å². The molecule has 0 saturated carbocycles. The Bertz CT molecular complexity index is 386. The lowest BCUT2D eigenvalue weighted by Gasteiger charge is -2.06. The molecule has 1 rings (SSSR count). The Labute approximate surface area is 95.8 Å². The minimum Gasteiger partial charge on any atom is -0.550 e. The molecule has 0 fully saturated rings. The number of hydrogen-bond donors (Lipinski definition) is 1. The molecule has 1 aromatic rings. The van der Waals surface area contributed by atoms with Gasteiger partial charge in [0.25, 0.3) is 0 Å². The maximum atomic E-state index is 11.0. The lowest BCUT2D eigenvalue weighted by Crippen LogP contribution is -2.28. The highest BCUT2D eigenvalue weighted by atomic mass is 35.5. The first-order chi connectivity index (χ1) is 6.97. The summed E-state index contributed by atoms with van der Waals surface area (Å²) in [7, 11) is 0. The van der Waals surface area contributed by atoms with Crippen LogP contribution in [0.2, 0.25) is 10.0 Å². The molecule has 0 bridgehead atoms. The Morgan fingerprint density at radius 2 is 1.73 bits per heavy atom. The number of carbonyl (C=O) groups is 2. The number of rotatable bonds is 3. The van der Waals surface area contributed by atoms with Crippen molar-refractivity contribution < 1.29 is 14.7 Å². The maximum absolute atomic E-state index is 11.0. The van der Waals surface area contributed by atoms with E-state index in [1.54, 1.807) is 0 Å². The molecular formula is C9H6Cl2NO3-. The maximum Gasteiger partial charge on any atom is 0.230 e. The van der Waals surface area contributed by atoms with Crippen LogP contribution in [0, 0.1) is 0 Å². The summed E-state index contributed by atoms with van der Waals surface area (Å²) < 4.78 is 0. The van der Waals surface area contributed by atoms with Crippen molar-refractivity contribution in [1.82, 2.24) is 0 Å². The van der Waals surface area contributed by atoms with Crippen molar-refractivity contribution in [3.63, 3.8) is 0 Å². The minimum absolute atomic E-state index is 0.346. The first-order valence-electron chi connectivity index (χ1n) is 3.93.